The van der Waals surface area contributed by atoms with Crippen LogP contribution in [-0.4, -0.2) is 11.3 Å². The fourth-order valence-corrected chi connectivity index (χ4v) is 1.49. The molecule has 0 aromatic heterocycles. The molecule has 1 aromatic rings. The normalized spacial score (nSPS) is 17.9. The maximum Gasteiger partial charge on any atom is 0.155 e. The van der Waals surface area contributed by atoms with E-state index in [4.69, 9.17) is 0 Å². The van der Waals surface area contributed by atoms with Crippen molar-refractivity contribution in [3.05, 3.63) is 30.3 Å². The molecule has 0 atom stereocenters. The van der Waals surface area contributed by atoms with E-state index in [1.165, 1.54) is 0 Å². The minimum absolute atomic E-state index is 0.235. The van der Waals surface area contributed by atoms with Crippen molar-refractivity contribution in [3.63, 3.8) is 0 Å². The first kappa shape index (κ1) is 8.30. The highest BCUT2D eigenvalue weighted by Crippen LogP contribution is 2.39. The van der Waals surface area contributed by atoms with Gasteiger partial charge in [-0.2, -0.15) is 0 Å². The number of carbonyl (C=O) groups excluding carboxylic acids is 1. The fourth-order valence-electron chi connectivity index (χ4n) is 1.49. The summed E-state index contributed by atoms with van der Waals surface area (Å²) in [6.07, 6.45) is 1.94. The summed E-state index contributed by atoms with van der Waals surface area (Å²) in [5.41, 5.74) is 0.802. The number of ketones is 1. The average molecular weight is 175 g/mol. The Kier molecular flexibility index (Phi) is 1.83. The van der Waals surface area contributed by atoms with Gasteiger partial charge in [0, 0.05) is 5.69 Å². The maximum absolute atomic E-state index is 11.3. The second-order valence-corrected chi connectivity index (χ2v) is 3.63. The van der Waals surface area contributed by atoms with Gasteiger partial charge in [0.2, 0.25) is 0 Å². The Morgan fingerprint density at radius 2 is 1.92 bits per heavy atom. The van der Waals surface area contributed by atoms with E-state index >= 15 is 0 Å². The minimum atomic E-state index is -0.235. The summed E-state index contributed by atoms with van der Waals surface area (Å²) in [5.74, 6) is 0.247. The van der Waals surface area contributed by atoms with Crippen molar-refractivity contribution in [2.45, 2.75) is 25.3 Å². The Bertz CT molecular complexity index is 314. The first-order valence-electron chi connectivity index (χ1n) is 4.57. The lowest BCUT2D eigenvalue weighted by molar-refractivity contribution is -0.118. The number of rotatable bonds is 3. The zero-order chi connectivity index (χ0) is 9.31. The van der Waals surface area contributed by atoms with E-state index in [9.17, 15) is 4.79 Å². The predicted octanol–water partition coefficient (Wildman–Crippen LogP) is 2.22. The SMILES string of the molecule is CC(=O)C1(Nc2ccccc2)CC1. The van der Waals surface area contributed by atoms with E-state index in [1.807, 2.05) is 30.3 Å². The van der Waals surface area contributed by atoms with Gasteiger partial charge in [-0.25, -0.2) is 0 Å². The second-order valence-electron chi connectivity index (χ2n) is 3.63. The summed E-state index contributed by atoms with van der Waals surface area (Å²) in [6.45, 7) is 1.66. The Labute approximate surface area is 78.0 Å². The van der Waals surface area contributed by atoms with Crippen LogP contribution in [0.25, 0.3) is 0 Å². The van der Waals surface area contributed by atoms with E-state index in [2.05, 4.69) is 5.32 Å². The zero-order valence-electron chi connectivity index (χ0n) is 7.71. The van der Waals surface area contributed by atoms with Crippen molar-refractivity contribution in [3.8, 4) is 0 Å². The molecule has 0 saturated heterocycles. The zero-order valence-corrected chi connectivity index (χ0v) is 7.71. The quantitative estimate of drug-likeness (QED) is 0.763. The number of anilines is 1. The van der Waals surface area contributed by atoms with Crippen molar-refractivity contribution in [1.82, 2.24) is 0 Å². The van der Waals surface area contributed by atoms with Gasteiger partial charge in [-0.05, 0) is 31.9 Å². The van der Waals surface area contributed by atoms with E-state index in [0.29, 0.717) is 0 Å². The number of para-hydroxylation sites is 1. The molecule has 1 aliphatic rings. The molecule has 1 aliphatic carbocycles. The summed E-state index contributed by atoms with van der Waals surface area (Å²) < 4.78 is 0. The highest BCUT2D eigenvalue weighted by molar-refractivity contribution is 5.92. The number of benzene rings is 1. The molecule has 0 amide bonds. The third-order valence-electron chi connectivity index (χ3n) is 2.58. The van der Waals surface area contributed by atoms with Crippen molar-refractivity contribution in [2.75, 3.05) is 5.32 Å². The third-order valence-corrected chi connectivity index (χ3v) is 2.58. The number of carbonyl (C=O) groups is 1. The summed E-state index contributed by atoms with van der Waals surface area (Å²) in [6, 6.07) is 9.89. The fraction of sp³-hybridized carbons (Fsp3) is 0.364. The van der Waals surface area contributed by atoms with E-state index in [-0.39, 0.29) is 11.3 Å². The smallest absolute Gasteiger partial charge is 0.155 e. The molecule has 0 aliphatic heterocycles. The minimum Gasteiger partial charge on any atom is -0.373 e. The van der Waals surface area contributed by atoms with E-state index < -0.39 is 0 Å². The molecule has 2 rings (SSSR count). The standard InChI is InChI=1S/C11H13NO/c1-9(13)11(7-8-11)12-10-5-3-2-4-6-10/h2-6,12H,7-8H2,1H3. The Balaban J connectivity index is 2.11. The molecule has 2 heteroatoms. The van der Waals surface area contributed by atoms with Gasteiger partial charge >= 0.3 is 0 Å². The lowest BCUT2D eigenvalue weighted by Gasteiger charge is -2.14. The molecular formula is C11H13NO. The number of hydrogen-bond donors (Lipinski definition) is 1. The van der Waals surface area contributed by atoms with Crippen LogP contribution in [0.4, 0.5) is 5.69 Å². The second kappa shape index (κ2) is 2.87. The first-order chi connectivity index (χ1) is 6.23. The van der Waals surface area contributed by atoms with Gasteiger partial charge < -0.3 is 5.32 Å². The molecular weight excluding hydrogens is 162 g/mol. The predicted molar refractivity (Wildman–Crippen MR) is 52.7 cm³/mol. The van der Waals surface area contributed by atoms with Gasteiger partial charge in [0.05, 0.1) is 5.54 Å². The number of hydrogen-bond acceptors (Lipinski definition) is 2. The summed E-state index contributed by atoms with van der Waals surface area (Å²) >= 11 is 0. The molecule has 1 fully saturated rings. The van der Waals surface area contributed by atoms with Crippen LogP contribution in [0, 0.1) is 0 Å². The van der Waals surface area contributed by atoms with E-state index in [1.54, 1.807) is 6.92 Å². The lowest BCUT2D eigenvalue weighted by atomic mass is 10.1. The van der Waals surface area contributed by atoms with Gasteiger partial charge in [-0.1, -0.05) is 18.2 Å². The molecule has 0 spiro atoms. The van der Waals surface area contributed by atoms with Crippen LogP contribution in [-0.2, 0) is 4.79 Å². The van der Waals surface area contributed by atoms with Crippen molar-refractivity contribution >= 4 is 11.5 Å². The third kappa shape index (κ3) is 1.57. The monoisotopic (exact) mass is 175 g/mol. The molecule has 68 valence electrons. The lowest BCUT2D eigenvalue weighted by Crippen LogP contribution is -2.29. The Morgan fingerprint density at radius 3 is 2.38 bits per heavy atom. The van der Waals surface area contributed by atoms with Gasteiger partial charge in [-0.15, -0.1) is 0 Å². The number of nitrogens with one attached hydrogen (secondary N) is 1. The maximum atomic E-state index is 11.3. The molecule has 13 heavy (non-hydrogen) atoms. The largest absolute Gasteiger partial charge is 0.373 e. The van der Waals surface area contributed by atoms with Gasteiger partial charge in [0.15, 0.2) is 5.78 Å². The summed E-state index contributed by atoms with van der Waals surface area (Å²) in [5, 5.41) is 3.28. The molecule has 2 nitrogen and oxygen atoms in total. The Hall–Kier alpha value is -1.31. The number of Topliss-reactive ketones (excluding diaryl/α,β-unsaturated/α-hetero) is 1. The van der Waals surface area contributed by atoms with Gasteiger partial charge in [0.1, 0.15) is 0 Å². The molecule has 0 unspecified atom stereocenters. The van der Waals surface area contributed by atoms with Crippen LogP contribution >= 0.6 is 0 Å². The molecule has 1 N–H and O–H groups in total. The van der Waals surface area contributed by atoms with E-state index in [0.717, 1.165) is 18.5 Å². The molecule has 0 heterocycles. The van der Waals surface area contributed by atoms with Crippen LogP contribution in [0.1, 0.15) is 19.8 Å². The highest BCUT2D eigenvalue weighted by Gasteiger charge is 2.47. The summed E-state index contributed by atoms with van der Waals surface area (Å²) in [7, 11) is 0. The van der Waals surface area contributed by atoms with Crippen LogP contribution < -0.4 is 5.32 Å². The molecule has 0 radical (unpaired) electrons. The Morgan fingerprint density at radius 1 is 1.31 bits per heavy atom. The van der Waals surface area contributed by atoms with Crippen molar-refractivity contribution in [2.24, 2.45) is 0 Å². The molecule has 1 saturated carbocycles. The average Bonchev–Trinajstić information content (AvgIpc) is 2.87. The first-order valence-corrected chi connectivity index (χ1v) is 4.57. The summed E-state index contributed by atoms with van der Waals surface area (Å²) in [4.78, 5) is 11.3. The molecule has 0 bridgehead atoms. The van der Waals surface area contributed by atoms with Crippen LogP contribution in [0.2, 0.25) is 0 Å². The highest BCUT2D eigenvalue weighted by atomic mass is 16.1. The van der Waals surface area contributed by atoms with Crippen LogP contribution in [0.3, 0.4) is 0 Å². The van der Waals surface area contributed by atoms with Crippen LogP contribution in [0.15, 0.2) is 30.3 Å². The van der Waals surface area contributed by atoms with Crippen molar-refractivity contribution < 1.29 is 4.79 Å². The van der Waals surface area contributed by atoms with Gasteiger partial charge in [0.25, 0.3) is 0 Å². The topological polar surface area (TPSA) is 29.1 Å². The van der Waals surface area contributed by atoms with Crippen LogP contribution in [0.5, 0.6) is 0 Å². The van der Waals surface area contributed by atoms with Gasteiger partial charge in [-0.3, -0.25) is 4.79 Å². The molecule has 1 aromatic carbocycles. The van der Waals surface area contributed by atoms with Crippen molar-refractivity contribution in [1.29, 1.82) is 0 Å².